The lowest BCUT2D eigenvalue weighted by Gasteiger charge is -2.13. The van der Waals surface area contributed by atoms with Gasteiger partial charge in [-0.05, 0) is 25.7 Å². The Morgan fingerprint density at radius 3 is 1.56 bits per heavy atom. The minimum atomic E-state index is -0.690. The lowest BCUT2D eigenvalue weighted by atomic mass is 10.0. The van der Waals surface area contributed by atoms with Crippen LogP contribution in [0.5, 0.6) is 0 Å². The van der Waals surface area contributed by atoms with Gasteiger partial charge in [0.15, 0.2) is 0 Å². The van der Waals surface area contributed by atoms with Gasteiger partial charge in [0, 0.05) is 32.9 Å². The molecule has 0 radical (unpaired) electrons. The summed E-state index contributed by atoms with van der Waals surface area (Å²) in [6.45, 7) is 11.0. The standard InChI is InChI=1S/C29H55N3O7.2C2H6/c1-25(33)39-24-23-38-22-21-32-29(37)26(30)17-16-20-31-27(34)18-14-12-10-8-6-4-2-3-5-7-9-11-13-15-19-28(35)36;2*1-2/h26H,2-24,30H2,1H3,(H,31,34)(H,32,37)(H,35,36);2*1-2H3. The number of unbranched alkanes of at least 4 members (excludes halogenated alkanes) is 13. The highest BCUT2D eigenvalue weighted by Gasteiger charge is 2.12. The highest BCUT2D eigenvalue weighted by Crippen LogP contribution is 2.13. The van der Waals surface area contributed by atoms with Gasteiger partial charge in [-0.25, -0.2) is 0 Å². The molecular formula is C33H67N3O7. The highest BCUT2D eigenvalue weighted by atomic mass is 16.6. The van der Waals surface area contributed by atoms with Crippen molar-refractivity contribution in [1.82, 2.24) is 10.6 Å². The number of nitrogens with one attached hydrogen (secondary N) is 2. The van der Waals surface area contributed by atoms with E-state index in [0.717, 1.165) is 32.1 Å². The molecule has 0 heterocycles. The van der Waals surface area contributed by atoms with E-state index in [1.54, 1.807) is 0 Å². The number of carboxylic acids is 1. The first-order chi connectivity index (χ1) is 20.8. The van der Waals surface area contributed by atoms with Gasteiger partial charge in [-0.1, -0.05) is 105 Å². The van der Waals surface area contributed by atoms with E-state index in [-0.39, 0.29) is 31.0 Å². The maximum absolute atomic E-state index is 12.0. The number of hydrogen-bond donors (Lipinski definition) is 4. The molecule has 0 saturated heterocycles. The molecule has 0 aliphatic heterocycles. The molecule has 1 atom stereocenters. The number of nitrogens with two attached hydrogens (primary N) is 1. The van der Waals surface area contributed by atoms with Gasteiger partial charge in [0.25, 0.3) is 0 Å². The summed E-state index contributed by atoms with van der Waals surface area (Å²) in [5, 5.41) is 14.2. The molecule has 10 nitrogen and oxygen atoms in total. The summed E-state index contributed by atoms with van der Waals surface area (Å²) in [7, 11) is 0. The van der Waals surface area contributed by atoms with Gasteiger partial charge in [0.1, 0.15) is 6.61 Å². The van der Waals surface area contributed by atoms with E-state index in [1.807, 2.05) is 27.7 Å². The Kier molecular flexibility index (Phi) is 39.8. The minimum Gasteiger partial charge on any atom is -0.481 e. The topological polar surface area (TPSA) is 157 Å². The third-order valence-electron chi connectivity index (χ3n) is 6.47. The van der Waals surface area contributed by atoms with Crippen LogP contribution in [0.15, 0.2) is 0 Å². The van der Waals surface area contributed by atoms with Gasteiger partial charge in [-0.2, -0.15) is 0 Å². The molecule has 0 aromatic carbocycles. The van der Waals surface area contributed by atoms with Gasteiger partial charge in [-0.15, -0.1) is 0 Å². The fourth-order valence-corrected chi connectivity index (χ4v) is 4.18. The van der Waals surface area contributed by atoms with Crippen LogP contribution in [-0.2, 0) is 28.7 Å². The first-order valence-corrected chi connectivity index (χ1v) is 17.1. The Balaban J connectivity index is -0.00000382. The van der Waals surface area contributed by atoms with Crippen LogP contribution >= 0.6 is 0 Å². The van der Waals surface area contributed by atoms with E-state index in [9.17, 15) is 19.2 Å². The van der Waals surface area contributed by atoms with E-state index in [0.29, 0.717) is 45.4 Å². The summed E-state index contributed by atoms with van der Waals surface area (Å²) in [4.78, 5) is 45.0. The maximum Gasteiger partial charge on any atom is 0.303 e. The number of carboxylic acid groups (broad SMARTS) is 1. The molecule has 0 aromatic heterocycles. The summed E-state index contributed by atoms with van der Waals surface area (Å²) < 4.78 is 9.98. The monoisotopic (exact) mass is 617 g/mol. The molecule has 256 valence electrons. The van der Waals surface area contributed by atoms with Gasteiger partial charge in [0.05, 0.1) is 19.3 Å². The Hall–Kier alpha value is -2.20. The first-order valence-electron chi connectivity index (χ1n) is 17.1. The van der Waals surface area contributed by atoms with Crippen LogP contribution in [0.2, 0.25) is 0 Å². The van der Waals surface area contributed by atoms with Crippen LogP contribution in [0.4, 0.5) is 0 Å². The smallest absolute Gasteiger partial charge is 0.303 e. The van der Waals surface area contributed by atoms with Gasteiger partial charge < -0.3 is 30.9 Å². The molecule has 1 unspecified atom stereocenters. The van der Waals surface area contributed by atoms with Crippen LogP contribution in [0.1, 0.15) is 150 Å². The van der Waals surface area contributed by atoms with Crippen molar-refractivity contribution in [3.05, 3.63) is 0 Å². The van der Waals surface area contributed by atoms with Crippen LogP contribution in [0.25, 0.3) is 0 Å². The van der Waals surface area contributed by atoms with Crippen LogP contribution in [-0.4, -0.2) is 67.8 Å². The zero-order chi connectivity index (χ0) is 33.0. The quantitative estimate of drug-likeness (QED) is 0.0590. The first kappa shape index (κ1) is 45.2. The predicted molar refractivity (Wildman–Crippen MR) is 175 cm³/mol. The zero-order valence-electron chi connectivity index (χ0n) is 28.3. The fourth-order valence-electron chi connectivity index (χ4n) is 4.18. The summed E-state index contributed by atoms with van der Waals surface area (Å²) >= 11 is 0. The van der Waals surface area contributed by atoms with Crippen molar-refractivity contribution >= 4 is 23.8 Å². The molecule has 0 aromatic rings. The van der Waals surface area contributed by atoms with Crippen molar-refractivity contribution in [3.8, 4) is 0 Å². The Morgan fingerprint density at radius 1 is 0.628 bits per heavy atom. The van der Waals surface area contributed by atoms with Gasteiger partial charge in [-0.3, -0.25) is 19.2 Å². The third kappa shape index (κ3) is 39.8. The van der Waals surface area contributed by atoms with Crippen molar-refractivity contribution in [1.29, 1.82) is 0 Å². The van der Waals surface area contributed by atoms with Crippen LogP contribution in [0, 0.1) is 0 Å². The molecule has 0 aliphatic carbocycles. The number of esters is 1. The van der Waals surface area contributed by atoms with Gasteiger partial charge in [0.2, 0.25) is 11.8 Å². The Bertz CT molecular complexity index is 648. The number of aliphatic carboxylic acids is 1. The van der Waals surface area contributed by atoms with E-state index in [1.165, 1.54) is 64.7 Å². The summed E-state index contributed by atoms with van der Waals surface area (Å²) in [5.41, 5.74) is 5.90. The predicted octanol–water partition coefficient (Wildman–Crippen LogP) is 6.28. The second kappa shape index (κ2) is 37.8. The maximum atomic E-state index is 12.0. The lowest BCUT2D eigenvalue weighted by Crippen LogP contribution is -2.42. The molecule has 0 bridgehead atoms. The second-order valence-electron chi connectivity index (χ2n) is 10.2. The summed E-state index contributed by atoms with van der Waals surface area (Å²) in [6, 6.07) is -0.621. The van der Waals surface area contributed by atoms with Crippen LogP contribution in [0.3, 0.4) is 0 Å². The average Bonchev–Trinajstić information content (AvgIpc) is 3.00. The molecule has 10 heteroatoms. The Morgan fingerprint density at radius 2 is 1.09 bits per heavy atom. The largest absolute Gasteiger partial charge is 0.481 e. The number of hydrogen-bond acceptors (Lipinski definition) is 7. The van der Waals surface area contributed by atoms with E-state index in [2.05, 4.69) is 10.6 Å². The summed E-state index contributed by atoms with van der Waals surface area (Å²) in [5.74, 6) is -1.23. The lowest BCUT2D eigenvalue weighted by molar-refractivity contribution is -0.142. The number of carbonyl (C=O) groups excluding carboxylic acids is 3. The van der Waals surface area contributed by atoms with E-state index >= 15 is 0 Å². The SMILES string of the molecule is CC.CC.CC(=O)OCCOCCNC(=O)C(N)CCCNC(=O)CCCCCCCCCCCCCCCCC(=O)O. The molecule has 0 aliphatic rings. The molecule has 2 amide bonds. The second-order valence-corrected chi connectivity index (χ2v) is 10.2. The van der Waals surface area contributed by atoms with E-state index < -0.39 is 12.0 Å². The average molecular weight is 618 g/mol. The highest BCUT2D eigenvalue weighted by molar-refractivity contribution is 5.81. The molecule has 5 N–H and O–H groups in total. The van der Waals surface area contributed by atoms with Crippen molar-refractivity contribution in [2.75, 3.05) is 32.9 Å². The van der Waals surface area contributed by atoms with Crippen molar-refractivity contribution in [2.24, 2.45) is 5.73 Å². The van der Waals surface area contributed by atoms with Crippen LogP contribution < -0.4 is 16.4 Å². The molecule has 43 heavy (non-hydrogen) atoms. The molecule has 0 rings (SSSR count). The zero-order valence-corrected chi connectivity index (χ0v) is 28.3. The molecule has 0 spiro atoms. The number of ether oxygens (including phenoxy) is 2. The summed E-state index contributed by atoms with van der Waals surface area (Å²) in [6.07, 6.45) is 18.2. The van der Waals surface area contributed by atoms with Crippen molar-refractivity contribution < 1.29 is 33.8 Å². The number of amides is 2. The molecular weight excluding hydrogens is 550 g/mol. The third-order valence-corrected chi connectivity index (χ3v) is 6.47. The molecule has 0 fully saturated rings. The Labute approximate surface area is 263 Å². The minimum absolute atomic E-state index is 0.0563. The van der Waals surface area contributed by atoms with Crippen molar-refractivity contribution in [3.63, 3.8) is 0 Å². The number of rotatable bonds is 28. The number of carbonyl (C=O) groups is 4. The molecule has 0 saturated carbocycles. The fraction of sp³-hybridized carbons (Fsp3) is 0.879. The van der Waals surface area contributed by atoms with Crippen molar-refractivity contribution in [2.45, 2.75) is 156 Å². The normalized spacial score (nSPS) is 10.8. The van der Waals surface area contributed by atoms with E-state index in [4.69, 9.17) is 20.3 Å². The van der Waals surface area contributed by atoms with Gasteiger partial charge >= 0.3 is 11.9 Å².